The van der Waals surface area contributed by atoms with Crippen molar-refractivity contribution < 1.29 is 9.50 Å². The summed E-state index contributed by atoms with van der Waals surface area (Å²) in [6.45, 7) is 2.71. The maximum atomic E-state index is 12.9. The van der Waals surface area contributed by atoms with Crippen molar-refractivity contribution in [3.8, 4) is 5.75 Å². The Balaban J connectivity index is 1.88. The molecule has 0 bridgehead atoms. The molecular weight excluding hydrogens is 245 g/mol. The van der Waals surface area contributed by atoms with Crippen LogP contribution in [-0.2, 0) is 13.5 Å². The second-order valence-electron chi connectivity index (χ2n) is 4.65. The van der Waals surface area contributed by atoms with Gasteiger partial charge in [0.2, 0.25) is 0 Å². The standard InChI is InChI=1S/C14H18FN3O/c1-10(13-4-3-12(15)7-14(13)19)16-6-5-11-8-17-18(2)9-11/h3-4,7-10,16,19H,5-6H2,1-2H3. The highest BCUT2D eigenvalue weighted by atomic mass is 19.1. The van der Waals surface area contributed by atoms with E-state index in [2.05, 4.69) is 10.4 Å². The van der Waals surface area contributed by atoms with Crippen molar-refractivity contribution in [2.75, 3.05) is 6.54 Å². The molecule has 2 N–H and O–H groups in total. The van der Waals surface area contributed by atoms with Crippen molar-refractivity contribution in [1.29, 1.82) is 0 Å². The number of aromatic nitrogens is 2. The van der Waals surface area contributed by atoms with Gasteiger partial charge in [-0.05, 0) is 31.5 Å². The number of aryl methyl sites for hydroxylation is 1. The molecule has 0 fully saturated rings. The highest BCUT2D eigenvalue weighted by Gasteiger charge is 2.10. The lowest BCUT2D eigenvalue weighted by molar-refractivity contribution is 0.447. The van der Waals surface area contributed by atoms with Crippen LogP contribution in [0, 0.1) is 5.82 Å². The first-order valence-corrected chi connectivity index (χ1v) is 6.25. The Labute approximate surface area is 111 Å². The summed E-state index contributed by atoms with van der Waals surface area (Å²) in [5.74, 6) is -0.440. The van der Waals surface area contributed by atoms with Crippen molar-refractivity contribution in [3.63, 3.8) is 0 Å². The number of halogens is 1. The third-order valence-electron chi connectivity index (χ3n) is 3.08. The van der Waals surface area contributed by atoms with Crippen LogP contribution in [-0.4, -0.2) is 21.4 Å². The van der Waals surface area contributed by atoms with Crippen molar-refractivity contribution in [2.24, 2.45) is 7.05 Å². The molecule has 1 aromatic carbocycles. The molecule has 2 aromatic rings. The Morgan fingerprint density at radius 1 is 1.47 bits per heavy atom. The third-order valence-corrected chi connectivity index (χ3v) is 3.08. The van der Waals surface area contributed by atoms with E-state index < -0.39 is 5.82 Å². The van der Waals surface area contributed by atoms with E-state index in [1.54, 1.807) is 10.7 Å². The second kappa shape index (κ2) is 5.84. The van der Waals surface area contributed by atoms with E-state index >= 15 is 0 Å². The van der Waals surface area contributed by atoms with Crippen molar-refractivity contribution in [3.05, 3.63) is 47.5 Å². The molecule has 102 valence electrons. The van der Waals surface area contributed by atoms with Crippen molar-refractivity contribution in [1.82, 2.24) is 15.1 Å². The number of rotatable bonds is 5. The van der Waals surface area contributed by atoms with Crippen LogP contribution >= 0.6 is 0 Å². The van der Waals surface area contributed by atoms with Crippen molar-refractivity contribution in [2.45, 2.75) is 19.4 Å². The Hall–Kier alpha value is -1.88. The normalized spacial score (nSPS) is 12.6. The molecule has 5 heteroatoms. The predicted molar refractivity (Wildman–Crippen MR) is 71.4 cm³/mol. The first kappa shape index (κ1) is 13.5. The molecule has 0 saturated carbocycles. The minimum absolute atomic E-state index is 0.0126. The first-order valence-electron chi connectivity index (χ1n) is 6.25. The molecule has 0 aliphatic heterocycles. The molecule has 0 saturated heterocycles. The zero-order chi connectivity index (χ0) is 13.8. The smallest absolute Gasteiger partial charge is 0.126 e. The van der Waals surface area contributed by atoms with Gasteiger partial charge in [-0.25, -0.2) is 4.39 Å². The first-order chi connectivity index (χ1) is 9.06. The zero-order valence-corrected chi connectivity index (χ0v) is 11.1. The Morgan fingerprint density at radius 3 is 2.89 bits per heavy atom. The summed E-state index contributed by atoms with van der Waals surface area (Å²) >= 11 is 0. The number of phenols is 1. The van der Waals surface area contributed by atoms with Gasteiger partial charge in [-0.2, -0.15) is 5.10 Å². The second-order valence-corrected chi connectivity index (χ2v) is 4.65. The maximum absolute atomic E-state index is 12.9. The number of hydrogen-bond acceptors (Lipinski definition) is 3. The SMILES string of the molecule is CC(NCCc1cnn(C)c1)c1ccc(F)cc1O. The fraction of sp³-hybridized carbons (Fsp3) is 0.357. The van der Waals surface area contributed by atoms with Crippen LogP contribution in [0.4, 0.5) is 4.39 Å². The summed E-state index contributed by atoms with van der Waals surface area (Å²) in [6, 6.07) is 4.06. The fourth-order valence-electron chi connectivity index (χ4n) is 2.03. The summed E-state index contributed by atoms with van der Waals surface area (Å²) in [7, 11) is 1.89. The highest BCUT2D eigenvalue weighted by molar-refractivity contribution is 5.34. The molecule has 0 spiro atoms. The van der Waals surface area contributed by atoms with Gasteiger partial charge in [0.25, 0.3) is 0 Å². The topological polar surface area (TPSA) is 50.1 Å². The molecule has 1 heterocycles. The molecule has 2 rings (SSSR count). The van der Waals surface area contributed by atoms with Crippen LogP contribution in [0.25, 0.3) is 0 Å². The minimum Gasteiger partial charge on any atom is -0.508 e. The lowest BCUT2D eigenvalue weighted by Gasteiger charge is -2.15. The molecule has 0 aliphatic carbocycles. The van der Waals surface area contributed by atoms with Crippen molar-refractivity contribution >= 4 is 0 Å². The van der Waals surface area contributed by atoms with Gasteiger partial charge < -0.3 is 10.4 Å². The third kappa shape index (κ3) is 3.54. The minimum atomic E-state index is -0.427. The van der Waals surface area contributed by atoms with E-state index in [0.29, 0.717) is 5.56 Å². The lowest BCUT2D eigenvalue weighted by Crippen LogP contribution is -2.21. The van der Waals surface area contributed by atoms with Gasteiger partial charge in [0.15, 0.2) is 0 Å². The van der Waals surface area contributed by atoms with Gasteiger partial charge in [0.1, 0.15) is 11.6 Å². The van der Waals surface area contributed by atoms with E-state index in [9.17, 15) is 9.50 Å². The van der Waals surface area contributed by atoms with E-state index in [0.717, 1.165) is 24.6 Å². The highest BCUT2D eigenvalue weighted by Crippen LogP contribution is 2.24. The van der Waals surface area contributed by atoms with Gasteiger partial charge in [-0.1, -0.05) is 6.07 Å². The van der Waals surface area contributed by atoms with Gasteiger partial charge in [0, 0.05) is 30.9 Å². The van der Waals surface area contributed by atoms with Crippen LogP contribution in [0.2, 0.25) is 0 Å². The summed E-state index contributed by atoms with van der Waals surface area (Å²) in [6.07, 6.45) is 4.67. The van der Waals surface area contributed by atoms with Gasteiger partial charge in [0.05, 0.1) is 6.20 Å². The number of phenolic OH excluding ortho intramolecular Hbond substituents is 1. The quantitative estimate of drug-likeness (QED) is 0.869. The molecular formula is C14H18FN3O. The van der Waals surface area contributed by atoms with Gasteiger partial charge in [-0.15, -0.1) is 0 Å². The molecule has 0 radical (unpaired) electrons. The zero-order valence-electron chi connectivity index (χ0n) is 11.1. The number of nitrogens with one attached hydrogen (secondary N) is 1. The fourth-order valence-corrected chi connectivity index (χ4v) is 2.03. The maximum Gasteiger partial charge on any atom is 0.126 e. The average molecular weight is 263 g/mol. The molecule has 1 aromatic heterocycles. The predicted octanol–water partition coefficient (Wildman–Crippen LogP) is 2.16. The van der Waals surface area contributed by atoms with Crippen LogP contribution in [0.1, 0.15) is 24.1 Å². The monoisotopic (exact) mass is 263 g/mol. The van der Waals surface area contributed by atoms with Crippen LogP contribution in [0.15, 0.2) is 30.6 Å². The van der Waals surface area contributed by atoms with E-state index in [1.807, 2.05) is 26.4 Å². The Kier molecular flexibility index (Phi) is 4.16. The largest absolute Gasteiger partial charge is 0.508 e. The van der Waals surface area contributed by atoms with Gasteiger partial charge >= 0.3 is 0 Å². The van der Waals surface area contributed by atoms with E-state index in [4.69, 9.17) is 0 Å². The number of nitrogens with zero attached hydrogens (tertiary/aromatic N) is 2. The van der Waals surface area contributed by atoms with E-state index in [-0.39, 0.29) is 11.8 Å². The average Bonchev–Trinajstić information content (AvgIpc) is 2.75. The molecule has 0 amide bonds. The molecule has 1 atom stereocenters. The lowest BCUT2D eigenvalue weighted by atomic mass is 10.1. The Morgan fingerprint density at radius 2 is 2.26 bits per heavy atom. The molecule has 0 aliphatic rings. The molecule has 19 heavy (non-hydrogen) atoms. The summed E-state index contributed by atoms with van der Waals surface area (Å²) in [4.78, 5) is 0. The number of benzene rings is 1. The molecule has 4 nitrogen and oxygen atoms in total. The summed E-state index contributed by atoms with van der Waals surface area (Å²) < 4.78 is 14.7. The number of aromatic hydroxyl groups is 1. The summed E-state index contributed by atoms with van der Waals surface area (Å²) in [5, 5.41) is 17.1. The summed E-state index contributed by atoms with van der Waals surface area (Å²) in [5.41, 5.74) is 1.86. The van der Waals surface area contributed by atoms with Crippen LogP contribution in [0.5, 0.6) is 5.75 Å². The molecule has 1 unspecified atom stereocenters. The van der Waals surface area contributed by atoms with Crippen LogP contribution in [0.3, 0.4) is 0 Å². The Bertz CT molecular complexity index is 553. The number of hydrogen-bond donors (Lipinski definition) is 2. The van der Waals surface area contributed by atoms with Crippen LogP contribution < -0.4 is 5.32 Å². The van der Waals surface area contributed by atoms with Gasteiger partial charge in [-0.3, -0.25) is 4.68 Å². The van der Waals surface area contributed by atoms with E-state index in [1.165, 1.54) is 6.07 Å².